The van der Waals surface area contributed by atoms with Crippen LogP contribution in [0.2, 0.25) is 0 Å². The number of para-hydroxylation sites is 1. The van der Waals surface area contributed by atoms with Crippen molar-refractivity contribution in [2.24, 2.45) is 5.10 Å². The van der Waals surface area contributed by atoms with E-state index in [4.69, 9.17) is 0 Å². The third-order valence-electron chi connectivity index (χ3n) is 3.35. The highest BCUT2D eigenvalue weighted by atomic mass is 19.4. The molecule has 2 nitrogen and oxygen atoms in total. The lowest BCUT2D eigenvalue weighted by molar-refractivity contribution is -0.137. The van der Waals surface area contributed by atoms with Crippen LogP contribution in [0.1, 0.15) is 30.5 Å². The molecule has 0 atom stereocenters. The summed E-state index contributed by atoms with van der Waals surface area (Å²) in [6.07, 6.45) is -3.50. The summed E-state index contributed by atoms with van der Waals surface area (Å²) in [6, 6.07) is 12.9. The number of halogens is 3. The van der Waals surface area contributed by atoms with Crippen molar-refractivity contribution in [1.82, 2.24) is 0 Å². The number of rotatable bonds is 4. The lowest BCUT2D eigenvalue weighted by Crippen LogP contribution is -2.07. The molecule has 0 unspecified atom stereocenters. The molecule has 0 amide bonds. The monoisotopic (exact) mass is 306 g/mol. The van der Waals surface area contributed by atoms with Gasteiger partial charge in [0.25, 0.3) is 0 Å². The molecular formula is C17H17F3N2. The van der Waals surface area contributed by atoms with Gasteiger partial charge in [0.05, 0.1) is 17.0 Å². The molecule has 0 aromatic heterocycles. The summed E-state index contributed by atoms with van der Waals surface area (Å²) in [5.74, 6) is 0. The molecule has 2 aromatic rings. The molecule has 116 valence electrons. The van der Waals surface area contributed by atoms with Gasteiger partial charge in [-0.05, 0) is 42.7 Å². The molecule has 0 saturated carbocycles. The Morgan fingerprint density at radius 3 is 2.50 bits per heavy atom. The van der Waals surface area contributed by atoms with Crippen molar-refractivity contribution < 1.29 is 13.2 Å². The number of alkyl halides is 3. The fourth-order valence-electron chi connectivity index (χ4n) is 2.07. The van der Waals surface area contributed by atoms with Crippen LogP contribution in [0, 0.1) is 0 Å². The Bertz CT molecular complexity index is 676. The molecule has 0 aliphatic carbocycles. The van der Waals surface area contributed by atoms with Crippen molar-refractivity contribution in [3.63, 3.8) is 0 Å². The van der Waals surface area contributed by atoms with E-state index in [9.17, 15) is 13.2 Å². The van der Waals surface area contributed by atoms with Gasteiger partial charge in [-0.1, -0.05) is 37.3 Å². The largest absolute Gasteiger partial charge is 0.416 e. The molecule has 0 spiro atoms. The Kier molecular flexibility index (Phi) is 4.85. The first-order valence-corrected chi connectivity index (χ1v) is 6.97. The maximum Gasteiger partial charge on any atom is 0.416 e. The molecule has 0 radical (unpaired) electrons. The number of nitrogens with zero attached hydrogens (tertiary/aromatic N) is 1. The molecule has 0 aliphatic rings. The zero-order valence-corrected chi connectivity index (χ0v) is 12.4. The van der Waals surface area contributed by atoms with E-state index in [0.717, 1.165) is 29.8 Å². The predicted molar refractivity (Wildman–Crippen MR) is 83.1 cm³/mol. The second-order valence-corrected chi connectivity index (χ2v) is 4.90. The van der Waals surface area contributed by atoms with Crippen LogP contribution in [-0.4, -0.2) is 5.71 Å². The van der Waals surface area contributed by atoms with Gasteiger partial charge in [-0.15, -0.1) is 0 Å². The van der Waals surface area contributed by atoms with Gasteiger partial charge in [-0.3, -0.25) is 5.43 Å². The fraction of sp³-hybridized carbons (Fsp3) is 0.235. The molecule has 2 aromatic carbocycles. The summed E-state index contributed by atoms with van der Waals surface area (Å²) >= 11 is 0. The maximum atomic E-state index is 12.7. The van der Waals surface area contributed by atoms with E-state index in [0.29, 0.717) is 11.3 Å². The molecule has 0 heterocycles. The van der Waals surface area contributed by atoms with Crippen molar-refractivity contribution in [1.29, 1.82) is 0 Å². The number of hydrazone groups is 1. The van der Waals surface area contributed by atoms with E-state index in [2.05, 4.69) is 10.5 Å². The zero-order chi connectivity index (χ0) is 16.2. The first kappa shape index (κ1) is 16.1. The minimum atomic E-state index is -4.35. The fourth-order valence-corrected chi connectivity index (χ4v) is 2.07. The smallest absolute Gasteiger partial charge is 0.278 e. The van der Waals surface area contributed by atoms with Crippen LogP contribution >= 0.6 is 0 Å². The first-order valence-electron chi connectivity index (χ1n) is 6.97. The van der Waals surface area contributed by atoms with Gasteiger partial charge in [0.2, 0.25) is 0 Å². The molecule has 0 aliphatic heterocycles. The van der Waals surface area contributed by atoms with E-state index < -0.39 is 11.7 Å². The molecule has 2 rings (SSSR count). The highest BCUT2D eigenvalue weighted by Crippen LogP contribution is 2.29. The molecule has 22 heavy (non-hydrogen) atoms. The zero-order valence-electron chi connectivity index (χ0n) is 12.4. The number of hydrogen-bond donors (Lipinski definition) is 1. The molecule has 5 heteroatoms. The number of anilines is 1. The van der Waals surface area contributed by atoms with Gasteiger partial charge in [-0.25, -0.2) is 0 Å². The Morgan fingerprint density at radius 2 is 1.82 bits per heavy atom. The van der Waals surface area contributed by atoms with Crippen LogP contribution in [0.4, 0.5) is 18.9 Å². The number of nitrogens with one attached hydrogen (secondary N) is 1. The summed E-state index contributed by atoms with van der Waals surface area (Å²) < 4.78 is 38.2. The quantitative estimate of drug-likeness (QED) is 0.616. The van der Waals surface area contributed by atoms with Gasteiger partial charge < -0.3 is 0 Å². The van der Waals surface area contributed by atoms with Crippen molar-refractivity contribution in [3.8, 4) is 0 Å². The third kappa shape index (κ3) is 3.87. The lowest BCUT2D eigenvalue weighted by atomic mass is 10.1. The van der Waals surface area contributed by atoms with Crippen LogP contribution in [0.25, 0.3) is 0 Å². The van der Waals surface area contributed by atoms with Crippen molar-refractivity contribution in [3.05, 3.63) is 65.2 Å². The second kappa shape index (κ2) is 6.64. The van der Waals surface area contributed by atoms with Gasteiger partial charge >= 0.3 is 6.18 Å². The van der Waals surface area contributed by atoms with Crippen LogP contribution in [0.15, 0.2) is 53.6 Å². The maximum absolute atomic E-state index is 12.7. The topological polar surface area (TPSA) is 24.4 Å². The number of hydrogen-bond acceptors (Lipinski definition) is 2. The van der Waals surface area contributed by atoms with Crippen LogP contribution < -0.4 is 5.43 Å². The van der Waals surface area contributed by atoms with Crippen LogP contribution in [-0.2, 0) is 12.6 Å². The van der Waals surface area contributed by atoms with Crippen molar-refractivity contribution in [2.75, 3.05) is 5.43 Å². The average molecular weight is 306 g/mol. The van der Waals surface area contributed by atoms with Gasteiger partial charge in [0.1, 0.15) is 0 Å². The molecule has 0 saturated heterocycles. The van der Waals surface area contributed by atoms with E-state index in [1.807, 2.05) is 31.2 Å². The predicted octanol–water partition coefficient (Wildman–Crippen LogP) is 5.10. The standard InChI is InChI=1S/C17H17F3N2/c1-3-13-7-4-5-10-16(13)22-21-12(2)14-8-6-9-15(11-14)17(18,19)20/h4-11,22H,3H2,1-2H3/b21-12+. The summed E-state index contributed by atoms with van der Waals surface area (Å²) in [5.41, 5.74) is 5.15. The van der Waals surface area contributed by atoms with Gasteiger partial charge in [-0.2, -0.15) is 18.3 Å². The van der Waals surface area contributed by atoms with Crippen molar-refractivity contribution in [2.45, 2.75) is 26.4 Å². The Morgan fingerprint density at radius 1 is 1.09 bits per heavy atom. The molecule has 0 fully saturated rings. The Balaban J connectivity index is 2.22. The Labute approximate surface area is 127 Å². The van der Waals surface area contributed by atoms with Gasteiger partial charge in [0.15, 0.2) is 0 Å². The van der Waals surface area contributed by atoms with Crippen molar-refractivity contribution >= 4 is 11.4 Å². The molecule has 1 N–H and O–H groups in total. The average Bonchev–Trinajstić information content (AvgIpc) is 2.52. The minimum Gasteiger partial charge on any atom is -0.278 e. The third-order valence-corrected chi connectivity index (χ3v) is 3.35. The van der Waals surface area contributed by atoms with E-state index in [1.54, 1.807) is 13.0 Å². The molecular weight excluding hydrogens is 289 g/mol. The highest BCUT2D eigenvalue weighted by molar-refractivity contribution is 5.99. The minimum absolute atomic E-state index is 0.441. The van der Waals surface area contributed by atoms with Gasteiger partial charge in [0, 0.05) is 0 Å². The van der Waals surface area contributed by atoms with Crippen LogP contribution in [0.3, 0.4) is 0 Å². The number of benzene rings is 2. The highest BCUT2D eigenvalue weighted by Gasteiger charge is 2.30. The summed E-state index contributed by atoms with van der Waals surface area (Å²) in [4.78, 5) is 0. The first-order chi connectivity index (χ1) is 10.4. The van der Waals surface area contributed by atoms with E-state index >= 15 is 0 Å². The SMILES string of the molecule is CCc1ccccc1N/N=C(\C)c1cccc(C(F)(F)F)c1. The normalized spacial score (nSPS) is 12.3. The summed E-state index contributed by atoms with van der Waals surface area (Å²) in [7, 11) is 0. The summed E-state index contributed by atoms with van der Waals surface area (Å²) in [5, 5.41) is 4.20. The second-order valence-electron chi connectivity index (χ2n) is 4.90. The lowest BCUT2D eigenvalue weighted by Gasteiger charge is -2.10. The molecule has 0 bridgehead atoms. The Hall–Kier alpha value is -2.30. The number of aryl methyl sites for hydroxylation is 1. The summed E-state index contributed by atoms with van der Waals surface area (Å²) in [6.45, 7) is 3.71. The van der Waals surface area contributed by atoms with Crippen LogP contribution in [0.5, 0.6) is 0 Å². The van der Waals surface area contributed by atoms with E-state index in [-0.39, 0.29) is 0 Å². The van der Waals surface area contributed by atoms with E-state index in [1.165, 1.54) is 6.07 Å².